The molecule has 2 nitrogen and oxygen atoms in total. The monoisotopic (exact) mass is 309 g/mol. The second kappa shape index (κ2) is 5.87. The Balaban J connectivity index is 2.04. The average Bonchev–Trinajstić information content (AvgIpc) is 2.41. The number of hydrogen-bond donors (Lipinski definition) is 1. The van der Waals surface area contributed by atoms with Crippen molar-refractivity contribution in [3.05, 3.63) is 58.3 Å². The molecule has 0 amide bonds. The fraction of sp³-hybridized carbons (Fsp3) is 0.143. The molecule has 4 heteroatoms. The molecule has 0 spiro atoms. The summed E-state index contributed by atoms with van der Waals surface area (Å²) in [5.41, 5.74) is 1.81. The Labute approximate surface area is 114 Å². The van der Waals surface area contributed by atoms with Gasteiger partial charge >= 0.3 is 0 Å². The molecule has 2 aromatic rings. The summed E-state index contributed by atoms with van der Waals surface area (Å²) in [5, 5.41) is 3.03. The molecule has 0 aromatic heterocycles. The van der Waals surface area contributed by atoms with Crippen molar-refractivity contribution in [2.75, 3.05) is 12.4 Å². The zero-order valence-electron chi connectivity index (χ0n) is 9.91. The second-order valence-corrected chi connectivity index (χ2v) is 4.57. The van der Waals surface area contributed by atoms with Gasteiger partial charge in [-0.25, -0.2) is 4.39 Å². The quantitative estimate of drug-likeness (QED) is 0.913. The number of benzene rings is 2. The highest BCUT2D eigenvalue weighted by Crippen LogP contribution is 2.22. The minimum Gasteiger partial charge on any atom is -0.489 e. The van der Waals surface area contributed by atoms with Crippen LogP contribution < -0.4 is 10.1 Å². The van der Waals surface area contributed by atoms with Crippen molar-refractivity contribution in [1.82, 2.24) is 0 Å². The van der Waals surface area contributed by atoms with E-state index >= 15 is 0 Å². The van der Waals surface area contributed by atoms with Gasteiger partial charge < -0.3 is 10.1 Å². The van der Waals surface area contributed by atoms with Crippen LogP contribution in [0.3, 0.4) is 0 Å². The molecular weight excluding hydrogens is 297 g/mol. The molecule has 2 rings (SSSR count). The van der Waals surface area contributed by atoms with E-state index in [1.165, 1.54) is 6.07 Å². The van der Waals surface area contributed by atoms with Gasteiger partial charge in [0.1, 0.15) is 18.2 Å². The smallest absolute Gasteiger partial charge is 0.137 e. The first-order chi connectivity index (χ1) is 8.70. The zero-order chi connectivity index (χ0) is 13.0. The fourth-order valence-electron chi connectivity index (χ4n) is 1.54. The molecule has 94 valence electrons. The number of rotatable bonds is 4. The molecule has 2 aromatic carbocycles. The van der Waals surface area contributed by atoms with Gasteiger partial charge in [-0.05, 0) is 46.3 Å². The van der Waals surface area contributed by atoms with Gasteiger partial charge in [-0.15, -0.1) is 0 Å². The summed E-state index contributed by atoms with van der Waals surface area (Å²) >= 11 is 3.21. The van der Waals surface area contributed by atoms with Crippen molar-refractivity contribution in [2.24, 2.45) is 0 Å². The van der Waals surface area contributed by atoms with E-state index in [0.717, 1.165) is 17.0 Å². The van der Waals surface area contributed by atoms with Crippen LogP contribution >= 0.6 is 15.9 Å². The summed E-state index contributed by atoms with van der Waals surface area (Å²) in [4.78, 5) is 0. The van der Waals surface area contributed by atoms with Gasteiger partial charge in [0, 0.05) is 18.3 Å². The van der Waals surface area contributed by atoms with E-state index in [0.29, 0.717) is 11.1 Å². The molecule has 0 saturated carbocycles. The Morgan fingerprint density at radius 3 is 2.56 bits per heavy atom. The van der Waals surface area contributed by atoms with E-state index in [9.17, 15) is 4.39 Å². The Bertz CT molecular complexity index is 528. The van der Waals surface area contributed by atoms with Crippen LogP contribution in [0.4, 0.5) is 10.1 Å². The predicted molar refractivity (Wildman–Crippen MR) is 74.4 cm³/mol. The van der Waals surface area contributed by atoms with Crippen LogP contribution in [-0.4, -0.2) is 7.05 Å². The van der Waals surface area contributed by atoms with Crippen LogP contribution in [0, 0.1) is 5.82 Å². The SMILES string of the molecule is CNc1ccc(OCc2cccc(F)c2Br)cc1. The highest BCUT2D eigenvalue weighted by Gasteiger charge is 2.05. The molecule has 0 aliphatic heterocycles. The Hall–Kier alpha value is -1.55. The third-order valence-corrected chi connectivity index (χ3v) is 3.46. The predicted octanol–water partition coefficient (Wildman–Crippen LogP) is 4.21. The largest absolute Gasteiger partial charge is 0.489 e. The molecular formula is C14H13BrFNO. The lowest BCUT2D eigenvalue weighted by molar-refractivity contribution is 0.304. The van der Waals surface area contributed by atoms with Crippen LogP contribution in [0.25, 0.3) is 0 Å². The molecule has 0 saturated heterocycles. The third-order valence-electron chi connectivity index (χ3n) is 2.57. The minimum absolute atomic E-state index is 0.276. The van der Waals surface area contributed by atoms with E-state index in [4.69, 9.17) is 4.74 Å². The van der Waals surface area contributed by atoms with E-state index in [-0.39, 0.29) is 5.82 Å². The number of hydrogen-bond acceptors (Lipinski definition) is 2. The van der Waals surface area contributed by atoms with Gasteiger partial charge in [-0.2, -0.15) is 0 Å². The van der Waals surface area contributed by atoms with Crippen LogP contribution in [0.15, 0.2) is 46.9 Å². The third kappa shape index (κ3) is 3.01. The molecule has 0 radical (unpaired) electrons. The van der Waals surface area contributed by atoms with Crippen molar-refractivity contribution >= 4 is 21.6 Å². The summed E-state index contributed by atoms with van der Waals surface area (Å²) in [6.07, 6.45) is 0. The average molecular weight is 310 g/mol. The topological polar surface area (TPSA) is 21.3 Å². The molecule has 0 heterocycles. The van der Waals surface area contributed by atoms with Crippen molar-refractivity contribution in [1.29, 1.82) is 0 Å². The number of ether oxygens (including phenoxy) is 1. The molecule has 0 aliphatic rings. The minimum atomic E-state index is -0.276. The Morgan fingerprint density at radius 1 is 1.17 bits per heavy atom. The Kier molecular flexibility index (Phi) is 4.20. The molecule has 0 fully saturated rings. The molecule has 18 heavy (non-hydrogen) atoms. The van der Waals surface area contributed by atoms with Gasteiger partial charge in [0.05, 0.1) is 4.47 Å². The maximum absolute atomic E-state index is 13.3. The van der Waals surface area contributed by atoms with Crippen molar-refractivity contribution in [2.45, 2.75) is 6.61 Å². The van der Waals surface area contributed by atoms with E-state index < -0.39 is 0 Å². The summed E-state index contributed by atoms with van der Waals surface area (Å²) in [7, 11) is 1.86. The Morgan fingerprint density at radius 2 is 1.89 bits per heavy atom. The standard InChI is InChI=1S/C14H13BrFNO/c1-17-11-5-7-12(8-6-11)18-9-10-3-2-4-13(16)14(10)15/h2-8,17H,9H2,1H3. The second-order valence-electron chi connectivity index (χ2n) is 3.78. The van der Waals surface area contributed by atoms with Gasteiger partial charge in [-0.1, -0.05) is 12.1 Å². The highest BCUT2D eigenvalue weighted by molar-refractivity contribution is 9.10. The van der Waals surface area contributed by atoms with Gasteiger partial charge in [-0.3, -0.25) is 0 Å². The lowest BCUT2D eigenvalue weighted by Crippen LogP contribution is -1.98. The van der Waals surface area contributed by atoms with Gasteiger partial charge in [0.15, 0.2) is 0 Å². The maximum atomic E-state index is 13.3. The molecule has 0 atom stereocenters. The number of nitrogens with one attached hydrogen (secondary N) is 1. The molecule has 1 N–H and O–H groups in total. The van der Waals surface area contributed by atoms with Gasteiger partial charge in [0.2, 0.25) is 0 Å². The summed E-state index contributed by atoms with van der Waals surface area (Å²) in [6.45, 7) is 0.331. The molecule has 0 aliphatic carbocycles. The fourth-order valence-corrected chi connectivity index (χ4v) is 1.92. The number of halogens is 2. The lowest BCUT2D eigenvalue weighted by Gasteiger charge is -2.09. The summed E-state index contributed by atoms with van der Waals surface area (Å²) in [6, 6.07) is 12.5. The van der Waals surface area contributed by atoms with Gasteiger partial charge in [0.25, 0.3) is 0 Å². The van der Waals surface area contributed by atoms with E-state index in [2.05, 4.69) is 21.2 Å². The van der Waals surface area contributed by atoms with Crippen molar-refractivity contribution in [3.63, 3.8) is 0 Å². The summed E-state index contributed by atoms with van der Waals surface area (Å²) < 4.78 is 19.4. The molecule has 0 unspecified atom stereocenters. The molecule has 0 bridgehead atoms. The lowest BCUT2D eigenvalue weighted by atomic mass is 10.2. The van der Waals surface area contributed by atoms with Crippen LogP contribution in [0.1, 0.15) is 5.56 Å². The van der Waals surface area contributed by atoms with Crippen LogP contribution in [0.2, 0.25) is 0 Å². The first-order valence-corrected chi connectivity index (χ1v) is 6.33. The van der Waals surface area contributed by atoms with Crippen LogP contribution in [0.5, 0.6) is 5.75 Å². The zero-order valence-corrected chi connectivity index (χ0v) is 11.5. The van der Waals surface area contributed by atoms with E-state index in [1.807, 2.05) is 37.4 Å². The van der Waals surface area contributed by atoms with Crippen molar-refractivity contribution in [3.8, 4) is 5.75 Å². The summed E-state index contributed by atoms with van der Waals surface area (Å²) in [5.74, 6) is 0.479. The first-order valence-electron chi connectivity index (χ1n) is 5.54. The van der Waals surface area contributed by atoms with Crippen molar-refractivity contribution < 1.29 is 9.13 Å². The first kappa shape index (κ1) is 12.9. The van der Waals surface area contributed by atoms with Crippen LogP contribution in [-0.2, 0) is 6.61 Å². The van der Waals surface area contributed by atoms with E-state index in [1.54, 1.807) is 6.07 Å². The normalized spacial score (nSPS) is 10.2. The highest BCUT2D eigenvalue weighted by atomic mass is 79.9. The maximum Gasteiger partial charge on any atom is 0.137 e. The number of anilines is 1.